The Morgan fingerprint density at radius 1 is 1.22 bits per heavy atom. The van der Waals surface area contributed by atoms with Crippen LogP contribution in [0.4, 0.5) is 5.69 Å². The molecule has 6 heteroatoms. The summed E-state index contributed by atoms with van der Waals surface area (Å²) in [6.07, 6.45) is 1.41. The van der Waals surface area contributed by atoms with Gasteiger partial charge in [-0.2, -0.15) is 5.26 Å². The summed E-state index contributed by atoms with van der Waals surface area (Å²) in [6, 6.07) is 18.0. The maximum atomic E-state index is 12.3. The Kier molecular flexibility index (Phi) is 5.80. The van der Waals surface area contributed by atoms with Crippen LogP contribution in [-0.2, 0) is 4.79 Å². The number of benzene rings is 2. The average Bonchev–Trinajstić information content (AvgIpc) is 3.08. The third-order valence-corrected chi connectivity index (χ3v) is 4.64. The van der Waals surface area contributed by atoms with Gasteiger partial charge in [-0.3, -0.25) is 4.79 Å². The lowest BCUT2D eigenvalue weighted by molar-refractivity contribution is -0.112. The van der Waals surface area contributed by atoms with E-state index in [0.717, 1.165) is 15.6 Å². The molecule has 0 fully saturated rings. The molecule has 0 saturated carbocycles. The Labute approximate surface area is 170 Å². The van der Waals surface area contributed by atoms with Gasteiger partial charge < -0.3 is 9.73 Å². The molecule has 1 aromatic heterocycles. The predicted molar refractivity (Wildman–Crippen MR) is 110 cm³/mol. The van der Waals surface area contributed by atoms with Crippen molar-refractivity contribution in [3.63, 3.8) is 0 Å². The van der Waals surface area contributed by atoms with Crippen LogP contribution in [0.5, 0.6) is 0 Å². The van der Waals surface area contributed by atoms with Gasteiger partial charge in [0.25, 0.3) is 5.91 Å². The lowest BCUT2D eigenvalue weighted by Crippen LogP contribution is -2.13. The monoisotopic (exact) mass is 440 g/mol. The molecule has 0 saturated heterocycles. The largest absolute Gasteiger partial charge is 0.457 e. The Hall–Kier alpha value is -2.81. The van der Waals surface area contributed by atoms with Crippen LogP contribution in [0.15, 0.2) is 69.1 Å². The van der Waals surface area contributed by atoms with Gasteiger partial charge in [-0.1, -0.05) is 39.7 Å². The second-order valence-corrected chi connectivity index (χ2v) is 7.11. The average molecular weight is 442 g/mol. The van der Waals surface area contributed by atoms with Gasteiger partial charge in [0, 0.05) is 26.8 Å². The summed E-state index contributed by atoms with van der Waals surface area (Å²) in [4.78, 5) is 12.3. The molecule has 3 rings (SSSR count). The van der Waals surface area contributed by atoms with E-state index in [0.29, 0.717) is 22.2 Å². The second kappa shape index (κ2) is 8.26. The van der Waals surface area contributed by atoms with Crippen molar-refractivity contribution < 1.29 is 9.21 Å². The maximum Gasteiger partial charge on any atom is 0.266 e. The van der Waals surface area contributed by atoms with E-state index in [4.69, 9.17) is 16.0 Å². The van der Waals surface area contributed by atoms with Crippen LogP contribution in [-0.4, -0.2) is 5.91 Å². The maximum absolute atomic E-state index is 12.3. The minimum absolute atomic E-state index is 0.0705. The molecule has 0 unspecified atom stereocenters. The number of carbonyl (C=O) groups is 1. The SMILES string of the molecule is Cc1ccc(-c2ccc(/C=C(\C#N)C(=O)Nc3cccc(Cl)c3)o2)c(Br)c1. The van der Waals surface area contributed by atoms with E-state index in [1.54, 1.807) is 36.4 Å². The number of nitrogens with one attached hydrogen (secondary N) is 1. The van der Waals surface area contributed by atoms with E-state index in [-0.39, 0.29) is 5.57 Å². The van der Waals surface area contributed by atoms with E-state index < -0.39 is 5.91 Å². The number of halogens is 2. The zero-order valence-electron chi connectivity index (χ0n) is 14.3. The highest BCUT2D eigenvalue weighted by atomic mass is 79.9. The molecule has 1 amide bonds. The summed E-state index contributed by atoms with van der Waals surface area (Å²) >= 11 is 9.43. The molecule has 4 nitrogen and oxygen atoms in total. The number of nitrogens with zero attached hydrogens (tertiary/aromatic N) is 1. The van der Waals surface area contributed by atoms with Crippen molar-refractivity contribution in [2.45, 2.75) is 6.92 Å². The lowest BCUT2D eigenvalue weighted by Gasteiger charge is -2.04. The van der Waals surface area contributed by atoms with E-state index >= 15 is 0 Å². The van der Waals surface area contributed by atoms with E-state index in [9.17, 15) is 10.1 Å². The molecule has 27 heavy (non-hydrogen) atoms. The molecule has 0 atom stereocenters. The standard InChI is InChI=1S/C21H14BrClN2O2/c1-13-5-7-18(19(22)9-13)20-8-6-17(27-20)10-14(12-24)21(26)25-16-4-2-3-15(23)11-16/h2-11H,1H3,(H,25,26)/b14-10+. The van der Waals surface area contributed by atoms with E-state index in [2.05, 4.69) is 21.2 Å². The number of furan rings is 1. The normalized spacial score (nSPS) is 11.1. The third-order valence-electron chi connectivity index (χ3n) is 3.75. The Balaban J connectivity index is 1.83. The smallest absolute Gasteiger partial charge is 0.266 e. The molecule has 0 spiro atoms. The molecule has 0 radical (unpaired) electrons. The quantitative estimate of drug-likeness (QED) is 0.386. The topological polar surface area (TPSA) is 66.0 Å². The summed E-state index contributed by atoms with van der Waals surface area (Å²) in [5.41, 5.74) is 2.46. The first kappa shape index (κ1) is 19.0. The zero-order valence-corrected chi connectivity index (χ0v) is 16.6. The molecule has 0 aliphatic carbocycles. The summed E-state index contributed by atoms with van der Waals surface area (Å²) in [5.74, 6) is 0.519. The Morgan fingerprint density at radius 2 is 2.04 bits per heavy atom. The summed E-state index contributed by atoms with van der Waals surface area (Å²) in [7, 11) is 0. The first-order valence-corrected chi connectivity index (χ1v) is 9.18. The van der Waals surface area contributed by atoms with Crippen LogP contribution >= 0.6 is 27.5 Å². The van der Waals surface area contributed by atoms with Crippen LogP contribution < -0.4 is 5.32 Å². The number of nitriles is 1. The van der Waals surface area contributed by atoms with Gasteiger partial charge in [0.1, 0.15) is 23.2 Å². The highest BCUT2D eigenvalue weighted by Crippen LogP contribution is 2.31. The van der Waals surface area contributed by atoms with E-state index in [1.165, 1.54) is 6.08 Å². The van der Waals surface area contributed by atoms with Crippen LogP contribution in [0.1, 0.15) is 11.3 Å². The second-order valence-electron chi connectivity index (χ2n) is 5.82. The van der Waals surface area contributed by atoms with Crippen molar-refractivity contribution in [1.82, 2.24) is 0 Å². The Morgan fingerprint density at radius 3 is 2.74 bits per heavy atom. The fourth-order valence-corrected chi connectivity index (χ4v) is 3.33. The highest BCUT2D eigenvalue weighted by Gasteiger charge is 2.12. The summed E-state index contributed by atoms with van der Waals surface area (Å²) < 4.78 is 6.69. The van der Waals surface area contributed by atoms with Crippen LogP contribution in [0.25, 0.3) is 17.4 Å². The molecule has 1 N–H and O–H groups in total. The van der Waals surface area contributed by atoms with Crippen molar-refractivity contribution in [2.75, 3.05) is 5.32 Å². The number of carbonyl (C=O) groups excluding carboxylic acids is 1. The molecule has 0 aliphatic heterocycles. The number of hydrogen-bond acceptors (Lipinski definition) is 3. The fourth-order valence-electron chi connectivity index (χ4n) is 2.45. The van der Waals surface area contributed by atoms with Crippen LogP contribution in [0.2, 0.25) is 5.02 Å². The fraction of sp³-hybridized carbons (Fsp3) is 0.0476. The Bertz CT molecular complexity index is 1080. The van der Waals surface area contributed by atoms with Gasteiger partial charge in [0.05, 0.1) is 0 Å². The van der Waals surface area contributed by atoms with Crippen LogP contribution in [0, 0.1) is 18.3 Å². The first-order chi connectivity index (χ1) is 13.0. The van der Waals surface area contributed by atoms with Crippen molar-refractivity contribution in [3.8, 4) is 17.4 Å². The lowest BCUT2D eigenvalue weighted by atomic mass is 10.1. The van der Waals surface area contributed by atoms with E-state index in [1.807, 2.05) is 31.2 Å². The zero-order chi connectivity index (χ0) is 19.4. The van der Waals surface area contributed by atoms with Gasteiger partial charge in [-0.15, -0.1) is 0 Å². The molecule has 0 bridgehead atoms. The minimum atomic E-state index is -0.533. The minimum Gasteiger partial charge on any atom is -0.457 e. The highest BCUT2D eigenvalue weighted by molar-refractivity contribution is 9.10. The van der Waals surface area contributed by atoms with Crippen molar-refractivity contribution in [2.24, 2.45) is 0 Å². The van der Waals surface area contributed by atoms with Crippen molar-refractivity contribution >= 4 is 45.2 Å². The molecule has 134 valence electrons. The van der Waals surface area contributed by atoms with Gasteiger partial charge in [0.2, 0.25) is 0 Å². The molecule has 3 aromatic rings. The molecular weight excluding hydrogens is 428 g/mol. The van der Waals surface area contributed by atoms with Crippen molar-refractivity contribution in [1.29, 1.82) is 5.26 Å². The number of anilines is 1. The summed E-state index contributed by atoms with van der Waals surface area (Å²) in [6.45, 7) is 2.00. The van der Waals surface area contributed by atoms with Crippen molar-refractivity contribution in [3.05, 3.63) is 81.0 Å². The molecule has 0 aliphatic rings. The summed E-state index contributed by atoms with van der Waals surface area (Å²) in [5, 5.41) is 12.5. The number of amides is 1. The van der Waals surface area contributed by atoms with Gasteiger partial charge in [-0.25, -0.2) is 0 Å². The van der Waals surface area contributed by atoms with Gasteiger partial charge in [0.15, 0.2) is 0 Å². The number of hydrogen-bond donors (Lipinski definition) is 1. The predicted octanol–water partition coefficient (Wildman–Crippen LogP) is 6.22. The van der Waals surface area contributed by atoms with Gasteiger partial charge in [-0.05, 0) is 55.0 Å². The third kappa shape index (κ3) is 4.68. The first-order valence-electron chi connectivity index (χ1n) is 8.01. The van der Waals surface area contributed by atoms with Crippen LogP contribution in [0.3, 0.4) is 0 Å². The molecular formula is C21H14BrClN2O2. The molecule has 2 aromatic carbocycles. The van der Waals surface area contributed by atoms with Gasteiger partial charge >= 0.3 is 0 Å². The molecule has 1 heterocycles. The number of aryl methyl sites for hydroxylation is 1. The number of rotatable bonds is 4.